The molecule has 3 aromatic rings. The fourth-order valence-corrected chi connectivity index (χ4v) is 5.27. The van der Waals surface area contributed by atoms with Crippen molar-refractivity contribution in [1.29, 1.82) is 5.26 Å². The maximum absolute atomic E-state index is 13.2. The van der Waals surface area contributed by atoms with Crippen LogP contribution in [0.25, 0.3) is 11.3 Å². The van der Waals surface area contributed by atoms with Gasteiger partial charge in [0.25, 0.3) is 11.8 Å². The molecule has 8 nitrogen and oxygen atoms in total. The minimum Gasteiger partial charge on any atom is -0.358 e. The number of halogens is 3. The van der Waals surface area contributed by atoms with Gasteiger partial charge in [0.2, 0.25) is 10.0 Å². The van der Waals surface area contributed by atoms with Crippen molar-refractivity contribution < 1.29 is 22.0 Å². The van der Waals surface area contributed by atoms with E-state index in [1.807, 2.05) is 0 Å². The highest BCUT2D eigenvalue weighted by Crippen LogP contribution is 2.36. The Morgan fingerprint density at radius 3 is 2.54 bits per heavy atom. The SMILES string of the molecule is Cc1sc(C(=O)Nc2cc(Cl)cc(NS(C)(=O)=O)c2)cc1-c1ncc(N2CC(F)(F)C2)cc1C#N. The van der Waals surface area contributed by atoms with E-state index in [2.05, 4.69) is 21.1 Å². The van der Waals surface area contributed by atoms with Crippen LogP contribution in [0.4, 0.5) is 25.8 Å². The summed E-state index contributed by atoms with van der Waals surface area (Å²) in [6, 6.07) is 9.47. The molecule has 1 amide bonds. The van der Waals surface area contributed by atoms with Gasteiger partial charge in [-0.2, -0.15) is 5.26 Å². The average Bonchev–Trinajstić information content (AvgIpc) is 3.11. The molecule has 1 fully saturated rings. The molecule has 0 unspecified atom stereocenters. The van der Waals surface area contributed by atoms with Crippen LogP contribution in [0.5, 0.6) is 0 Å². The van der Waals surface area contributed by atoms with Crippen LogP contribution in [0, 0.1) is 18.3 Å². The largest absolute Gasteiger partial charge is 0.358 e. The maximum atomic E-state index is 13.2. The van der Waals surface area contributed by atoms with Gasteiger partial charge in [-0.3, -0.25) is 14.5 Å². The number of benzene rings is 1. The van der Waals surface area contributed by atoms with E-state index in [0.29, 0.717) is 21.8 Å². The Hall–Kier alpha value is -3.27. The molecular weight excluding hydrogens is 520 g/mol. The van der Waals surface area contributed by atoms with Crippen molar-refractivity contribution in [1.82, 2.24) is 4.98 Å². The number of carbonyl (C=O) groups is 1. The molecule has 13 heteroatoms. The number of thiophene rings is 1. The van der Waals surface area contributed by atoms with Gasteiger partial charge in [0.15, 0.2) is 0 Å². The molecule has 2 N–H and O–H groups in total. The Labute approximate surface area is 209 Å². The number of rotatable bonds is 6. The monoisotopic (exact) mass is 537 g/mol. The number of aryl methyl sites for hydroxylation is 1. The number of aromatic nitrogens is 1. The second kappa shape index (κ2) is 9.07. The summed E-state index contributed by atoms with van der Waals surface area (Å²) in [7, 11) is -3.54. The first-order valence-electron chi connectivity index (χ1n) is 10.1. The highest BCUT2D eigenvalue weighted by Gasteiger charge is 2.44. The number of hydrogen-bond donors (Lipinski definition) is 2. The van der Waals surface area contributed by atoms with Gasteiger partial charge in [0.1, 0.15) is 6.07 Å². The van der Waals surface area contributed by atoms with Gasteiger partial charge in [-0.1, -0.05) is 11.6 Å². The molecule has 1 saturated heterocycles. The Bertz CT molecular complexity index is 1480. The lowest BCUT2D eigenvalue weighted by atomic mass is 10.0. The number of alkyl halides is 2. The molecule has 0 radical (unpaired) electrons. The van der Waals surface area contributed by atoms with Gasteiger partial charge in [-0.05, 0) is 37.3 Å². The van der Waals surface area contributed by atoms with Crippen molar-refractivity contribution in [2.24, 2.45) is 0 Å². The minimum absolute atomic E-state index is 0.196. The summed E-state index contributed by atoms with van der Waals surface area (Å²) in [6.07, 6.45) is 2.43. The van der Waals surface area contributed by atoms with Crippen LogP contribution < -0.4 is 14.9 Å². The molecular formula is C22H18ClF2N5O3S2. The lowest BCUT2D eigenvalue weighted by molar-refractivity contribution is -0.0262. The van der Waals surface area contributed by atoms with Crippen LogP contribution in [0.2, 0.25) is 5.02 Å². The molecule has 0 aliphatic carbocycles. The van der Waals surface area contributed by atoms with Gasteiger partial charge in [-0.15, -0.1) is 11.3 Å². The Morgan fingerprint density at radius 1 is 1.23 bits per heavy atom. The number of amides is 1. The van der Waals surface area contributed by atoms with Crippen molar-refractivity contribution in [3.8, 4) is 17.3 Å². The van der Waals surface area contributed by atoms with Gasteiger partial charge in [0.05, 0.1) is 53.1 Å². The smallest absolute Gasteiger partial charge is 0.282 e. The van der Waals surface area contributed by atoms with Crippen LogP contribution in [0.15, 0.2) is 36.5 Å². The number of carbonyl (C=O) groups excluding carboxylic acids is 1. The zero-order valence-corrected chi connectivity index (χ0v) is 20.8. The Morgan fingerprint density at radius 2 is 1.91 bits per heavy atom. The fourth-order valence-electron chi connectivity index (χ4n) is 3.58. The number of anilines is 3. The summed E-state index contributed by atoms with van der Waals surface area (Å²) in [6.45, 7) is 0.925. The summed E-state index contributed by atoms with van der Waals surface area (Å²) in [5, 5.41) is 12.5. The van der Waals surface area contributed by atoms with Crippen LogP contribution in [0.3, 0.4) is 0 Å². The summed E-state index contributed by atoms with van der Waals surface area (Å²) in [5.74, 6) is -3.21. The van der Waals surface area contributed by atoms with E-state index in [1.165, 1.54) is 46.7 Å². The standard InChI is InChI=1S/C22H18ClF2N5O3S2/c1-12-18(20-13(8-26)3-17(9-27-20)30-10-22(24,25)11-30)7-19(34-12)21(31)28-15-4-14(23)5-16(6-15)29-35(2,32)33/h3-7,9,29H,10-11H2,1-2H3,(H,28,31). The van der Waals surface area contributed by atoms with Crippen molar-refractivity contribution in [3.05, 3.63) is 56.9 Å². The predicted octanol–water partition coefficient (Wildman–Crippen LogP) is 4.72. The molecule has 0 spiro atoms. The van der Waals surface area contributed by atoms with Gasteiger partial charge >= 0.3 is 0 Å². The summed E-state index contributed by atoms with van der Waals surface area (Å²) >= 11 is 7.23. The van der Waals surface area contributed by atoms with Gasteiger partial charge in [-0.25, -0.2) is 17.2 Å². The quantitative estimate of drug-likeness (QED) is 0.470. The number of nitrogens with one attached hydrogen (secondary N) is 2. The van der Waals surface area contributed by atoms with Crippen LogP contribution in [-0.4, -0.2) is 44.6 Å². The zero-order chi connectivity index (χ0) is 25.5. The average molecular weight is 538 g/mol. The molecule has 1 aromatic carbocycles. The molecule has 0 atom stereocenters. The third-order valence-corrected chi connectivity index (χ3v) is 6.93. The first-order chi connectivity index (χ1) is 16.3. The normalized spacial score (nSPS) is 14.7. The number of nitrogens with zero attached hydrogens (tertiary/aromatic N) is 3. The molecule has 1 aliphatic heterocycles. The van der Waals surface area contributed by atoms with E-state index < -0.39 is 34.9 Å². The van der Waals surface area contributed by atoms with Gasteiger partial charge in [0, 0.05) is 21.2 Å². The first kappa shape index (κ1) is 24.8. The van der Waals surface area contributed by atoms with E-state index in [-0.39, 0.29) is 22.0 Å². The van der Waals surface area contributed by atoms with E-state index in [9.17, 15) is 27.3 Å². The van der Waals surface area contributed by atoms with Crippen LogP contribution in [0.1, 0.15) is 20.1 Å². The summed E-state index contributed by atoms with van der Waals surface area (Å²) in [4.78, 5) is 19.7. The first-order valence-corrected chi connectivity index (χ1v) is 13.2. The number of sulfonamides is 1. The Kier molecular flexibility index (Phi) is 6.44. The number of nitriles is 1. The molecule has 182 valence electrons. The van der Waals surface area contributed by atoms with Gasteiger partial charge < -0.3 is 10.2 Å². The summed E-state index contributed by atoms with van der Waals surface area (Å²) in [5.41, 5.74) is 2.04. The number of pyridine rings is 1. The highest BCUT2D eigenvalue weighted by molar-refractivity contribution is 7.92. The third-order valence-electron chi connectivity index (χ3n) is 5.06. The zero-order valence-electron chi connectivity index (χ0n) is 18.4. The van der Waals surface area contributed by atoms with E-state index in [1.54, 1.807) is 13.0 Å². The second-order valence-corrected chi connectivity index (χ2v) is 11.5. The highest BCUT2D eigenvalue weighted by atomic mass is 35.5. The predicted molar refractivity (Wildman–Crippen MR) is 132 cm³/mol. The van der Waals surface area contributed by atoms with Crippen molar-refractivity contribution in [2.75, 3.05) is 34.3 Å². The third kappa shape index (κ3) is 5.70. The molecule has 3 heterocycles. The maximum Gasteiger partial charge on any atom is 0.282 e. The molecule has 4 rings (SSSR count). The molecule has 0 bridgehead atoms. The lowest BCUT2D eigenvalue weighted by Gasteiger charge is -2.40. The van der Waals surface area contributed by atoms with Crippen molar-refractivity contribution in [2.45, 2.75) is 12.8 Å². The van der Waals surface area contributed by atoms with E-state index in [0.717, 1.165) is 11.1 Å². The minimum atomic E-state index is -3.54. The molecule has 35 heavy (non-hydrogen) atoms. The second-order valence-electron chi connectivity index (χ2n) is 8.05. The van der Waals surface area contributed by atoms with Crippen LogP contribution in [-0.2, 0) is 10.0 Å². The van der Waals surface area contributed by atoms with Crippen molar-refractivity contribution >= 4 is 55.9 Å². The van der Waals surface area contributed by atoms with Crippen LogP contribution >= 0.6 is 22.9 Å². The van der Waals surface area contributed by atoms with E-state index in [4.69, 9.17) is 11.6 Å². The number of hydrogen-bond acceptors (Lipinski definition) is 7. The molecule has 1 aliphatic rings. The van der Waals surface area contributed by atoms with Crippen molar-refractivity contribution in [3.63, 3.8) is 0 Å². The van der Waals surface area contributed by atoms with E-state index >= 15 is 0 Å². The molecule has 0 saturated carbocycles. The lowest BCUT2D eigenvalue weighted by Crippen LogP contribution is -2.56. The summed E-state index contributed by atoms with van der Waals surface area (Å²) < 4.78 is 51.7. The topological polar surface area (TPSA) is 115 Å². The fraction of sp³-hybridized carbons (Fsp3) is 0.227. The Balaban J connectivity index is 1.57. The molecule has 2 aromatic heterocycles.